The number of hydrogen-bond acceptors (Lipinski definition) is 4. The third kappa shape index (κ3) is 11.4. The van der Waals surface area contributed by atoms with Crippen LogP contribution in [0.5, 0.6) is 0 Å². The molecule has 5 nitrogen and oxygen atoms in total. The van der Waals surface area contributed by atoms with Gasteiger partial charge >= 0.3 is 0 Å². The molecule has 6 aromatic rings. The van der Waals surface area contributed by atoms with Gasteiger partial charge in [0.25, 0.3) is 0 Å². The molecule has 8 rings (SSSR count). The minimum absolute atomic E-state index is 0.166. The minimum Gasteiger partial charge on any atom is -0.337 e. The van der Waals surface area contributed by atoms with E-state index in [1.54, 1.807) is 6.92 Å². The van der Waals surface area contributed by atoms with Crippen LogP contribution in [0.25, 0.3) is 22.3 Å². The lowest BCUT2D eigenvalue weighted by molar-refractivity contribution is -0.133. The van der Waals surface area contributed by atoms with Crippen molar-refractivity contribution in [1.82, 2.24) is 20.0 Å². The first kappa shape index (κ1) is 40.4. The van der Waals surface area contributed by atoms with Crippen LogP contribution in [-0.2, 0) is 30.7 Å². The van der Waals surface area contributed by atoms with Gasteiger partial charge in [0, 0.05) is 92.5 Å². The summed E-state index contributed by atoms with van der Waals surface area (Å²) in [5.41, 5.74) is 9.77. The summed E-state index contributed by atoms with van der Waals surface area (Å²) in [6.45, 7) is 9.37. The Hall–Kier alpha value is -4.75. The highest BCUT2D eigenvalue weighted by atomic mass is 35.5. The van der Waals surface area contributed by atoms with E-state index in [1.807, 2.05) is 53.4 Å². The van der Waals surface area contributed by atoms with Crippen LogP contribution < -0.4 is 5.32 Å². The van der Waals surface area contributed by atoms with Gasteiger partial charge in [-0.05, 0) is 58.4 Å². The first-order chi connectivity index (χ1) is 27.9. The van der Waals surface area contributed by atoms with Crippen LogP contribution in [0.1, 0.15) is 29.2 Å². The molecule has 2 atom stereocenters. The number of hydrogen-bond donors (Lipinski definition) is 1. The van der Waals surface area contributed by atoms with Crippen LogP contribution in [0.3, 0.4) is 0 Å². The monoisotopic (exact) mass is 794 g/mol. The number of carbonyl (C=O) groups excluding carboxylic acids is 1. The lowest BCUT2D eigenvalue weighted by Crippen LogP contribution is -2.55. The second-order valence-corrected chi connectivity index (χ2v) is 16.0. The highest BCUT2D eigenvalue weighted by Gasteiger charge is 2.29. The van der Waals surface area contributed by atoms with Crippen molar-refractivity contribution < 1.29 is 4.79 Å². The molecule has 0 unspecified atom stereocenters. The van der Waals surface area contributed by atoms with E-state index in [0.29, 0.717) is 6.04 Å². The molecule has 2 aliphatic rings. The zero-order valence-electron chi connectivity index (χ0n) is 32.7. The largest absolute Gasteiger partial charge is 0.337 e. The SMILES string of the molecule is CC(=O)N1CCN(Cc2ccc(-c3ccccc3Cl)cc2)C[C@H]1Cc1ccccc1.Clc1ccccc1-c1ccc(CN2CCN[C@H](Cc3ccccc3)C2)cc1. The third-order valence-corrected chi connectivity index (χ3v) is 11.7. The molecule has 1 N–H and O–H groups in total. The molecule has 0 aromatic heterocycles. The van der Waals surface area contributed by atoms with Gasteiger partial charge in [0.05, 0.1) is 0 Å². The molecule has 0 spiro atoms. The molecule has 2 heterocycles. The van der Waals surface area contributed by atoms with E-state index in [1.165, 1.54) is 27.8 Å². The van der Waals surface area contributed by atoms with Crippen molar-refractivity contribution in [3.8, 4) is 22.3 Å². The number of piperazine rings is 2. The molecule has 6 aromatic carbocycles. The second-order valence-electron chi connectivity index (χ2n) is 15.2. The zero-order chi connectivity index (χ0) is 39.4. The third-order valence-electron chi connectivity index (χ3n) is 11.0. The highest BCUT2D eigenvalue weighted by Crippen LogP contribution is 2.29. The highest BCUT2D eigenvalue weighted by molar-refractivity contribution is 6.33. The Labute approximate surface area is 348 Å². The van der Waals surface area contributed by atoms with Crippen LogP contribution in [-0.4, -0.2) is 72.0 Å². The van der Waals surface area contributed by atoms with Crippen molar-refractivity contribution in [1.29, 1.82) is 0 Å². The van der Waals surface area contributed by atoms with Gasteiger partial charge in [-0.25, -0.2) is 0 Å². The van der Waals surface area contributed by atoms with Crippen molar-refractivity contribution >= 4 is 29.1 Å². The number of benzene rings is 6. The maximum Gasteiger partial charge on any atom is 0.219 e. The van der Waals surface area contributed by atoms with E-state index in [2.05, 4.69) is 124 Å². The molecule has 1 amide bonds. The van der Waals surface area contributed by atoms with E-state index in [9.17, 15) is 4.79 Å². The van der Waals surface area contributed by atoms with Crippen LogP contribution >= 0.6 is 23.2 Å². The van der Waals surface area contributed by atoms with Crippen molar-refractivity contribution in [2.24, 2.45) is 0 Å². The molecule has 0 radical (unpaired) electrons. The Morgan fingerprint density at radius 2 is 1.02 bits per heavy atom. The number of nitrogens with one attached hydrogen (secondary N) is 1. The molecule has 2 aliphatic heterocycles. The predicted molar refractivity (Wildman–Crippen MR) is 238 cm³/mol. The van der Waals surface area contributed by atoms with Gasteiger partial charge in [0.1, 0.15) is 0 Å². The maximum atomic E-state index is 12.2. The lowest BCUT2D eigenvalue weighted by Gasteiger charge is -2.41. The Kier molecular flexibility index (Phi) is 14.3. The number of halogens is 2. The summed E-state index contributed by atoms with van der Waals surface area (Å²) in [4.78, 5) is 19.2. The van der Waals surface area contributed by atoms with Crippen LogP contribution in [0.4, 0.5) is 0 Å². The van der Waals surface area contributed by atoms with Crippen molar-refractivity contribution in [2.45, 2.75) is 44.9 Å². The van der Waals surface area contributed by atoms with Gasteiger partial charge in [0.15, 0.2) is 0 Å². The van der Waals surface area contributed by atoms with Crippen LogP contribution in [0, 0.1) is 0 Å². The fraction of sp³-hybridized carbons (Fsp3) is 0.260. The second kappa shape index (κ2) is 20.1. The average molecular weight is 796 g/mol. The molecule has 2 saturated heterocycles. The van der Waals surface area contributed by atoms with Gasteiger partial charge in [0.2, 0.25) is 5.91 Å². The molecule has 292 valence electrons. The van der Waals surface area contributed by atoms with Crippen molar-refractivity contribution in [3.05, 3.63) is 190 Å². The molecular weight excluding hydrogens is 743 g/mol. The Bertz CT molecular complexity index is 2160. The molecule has 0 bridgehead atoms. The van der Waals surface area contributed by atoms with Gasteiger partial charge in [-0.3, -0.25) is 14.6 Å². The topological polar surface area (TPSA) is 38.8 Å². The smallest absolute Gasteiger partial charge is 0.219 e. The average Bonchev–Trinajstić information content (AvgIpc) is 3.23. The van der Waals surface area contributed by atoms with E-state index in [-0.39, 0.29) is 11.9 Å². The summed E-state index contributed by atoms with van der Waals surface area (Å²) in [5.74, 6) is 0.166. The number of amides is 1. The molecule has 57 heavy (non-hydrogen) atoms. The molecular formula is C50H52Cl2N4O. The maximum absolute atomic E-state index is 12.2. The normalized spacial score (nSPS) is 17.4. The predicted octanol–water partition coefficient (Wildman–Crippen LogP) is 10.3. The summed E-state index contributed by atoms with van der Waals surface area (Å²) in [7, 11) is 0. The van der Waals surface area contributed by atoms with Gasteiger partial charge in [-0.15, -0.1) is 0 Å². The van der Waals surface area contributed by atoms with Crippen molar-refractivity contribution in [2.75, 3.05) is 39.3 Å². The summed E-state index contributed by atoms with van der Waals surface area (Å²) >= 11 is 12.7. The zero-order valence-corrected chi connectivity index (χ0v) is 34.3. The summed E-state index contributed by atoms with van der Waals surface area (Å²) in [5, 5.41) is 5.24. The fourth-order valence-electron chi connectivity index (χ4n) is 8.10. The van der Waals surface area contributed by atoms with Crippen LogP contribution in [0.2, 0.25) is 10.0 Å². The summed E-state index contributed by atoms with van der Waals surface area (Å²) in [6.07, 6.45) is 1.98. The number of carbonyl (C=O) groups is 1. The number of rotatable bonds is 10. The molecule has 7 heteroatoms. The Morgan fingerprint density at radius 1 is 0.544 bits per heavy atom. The summed E-state index contributed by atoms with van der Waals surface area (Å²) < 4.78 is 0. The van der Waals surface area contributed by atoms with Crippen molar-refractivity contribution in [3.63, 3.8) is 0 Å². The standard InChI is InChI=1S/C26H27ClN2O.C24H25ClN2/c1-20(30)29-16-15-28(19-24(29)17-21-7-3-2-4-8-21)18-22-11-13-23(14-12-22)25-9-5-6-10-26(25)27;25-24-9-5-4-8-23(24)21-12-10-20(11-13-21)17-27-15-14-26-22(18-27)16-19-6-2-1-3-7-19/h2-14,24H,15-19H2,1H3;1-13,22,26H,14-18H2/t24-;22-/m11/s1. The first-order valence-corrected chi connectivity index (χ1v) is 20.8. The fourth-order valence-corrected chi connectivity index (χ4v) is 8.59. The van der Waals surface area contributed by atoms with Gasteiger partial charge in [-0.2, -0.15) is 0 Å². The van der Waals surface area contributed by atoms with Gasteiger partial charge in [-0.1, -0.05) is 169 Å². The van der Waals surface area contributed by atoms with Gasteiger partial charge < -0.3 is 10.2 Å². The molecule has 0 aliphatic carbocycles. The Balaban J connectivity index is 0.000000175. The quantitative estimate of drug-likeness (QED) is 0.150. The molecule has 2 fully saturated rings. The van der Waals surface area contributed by atoms with E-state index < -0.39 is 0 Å². The van der Waals surface area contributed by atoms with E-state index in [4.69, 9.17) is 23.2 Å². The summed E-state index contributed by atoms with van der Waals surface area (Å²) in [6, 6.07) is 55.3. The van der Waals surface area contributed by atoms with Crippen LogP contribution in [0.15, 0.2) is 158 Å². The number of nitrogens with zero attached hydrogens (tertiary/aromatic N) is 3. The minimum atomic E-state index is 0.166. The lowest BCUT2D eigenvalue weighted by atomic mass is 10.0. The van der Waals surface area contributed by atoms with E-state index >= 15 is 0 Å². The first-order valence-electron chi connectivity index (χ1n) is 20.1. The van der Waals surface area contributed by atoms with E-state index in [0.717, 1.165) is 91.9 Å². The Morgan fingerprint density at radius 3 is 1.53 bits per heavy atom. The molecule has 0 saturated carbocycles.